The maximum absolute atomic E-state index is 11.6. The first-order chi connectivity index (χ1) is 19.0. The lowest BCUT2D eigenvalue weighted by Gasteiger charge is -2.64. The summed E-state index contributed by atoms with van der Waals surface area (Å²) >= 11 is 0. The van der Waals surface area contributed by atoms with Gasteiger partial charge in [0.05, 0.1) is 6.61 Å². The molecular formula is C36H66O4Si2. The van der Waals surface area contributed by atoms with Crippen LogP contribution in [0.5, 0.6) is 0 Å². The highest BCUT2D eigenvalue weighted by Crippen LogP contribution is 2.68. The summed E-state index contributed by atoms with van der Waals surface area (Å²) < 4.78 is 20.1. The number of ether oxygens (including phenoxy) is 1. The van der Waals surface area contributed by atoms with E-state index >= 15 is 0 Å². The Labute approximate surface area is 261 Å². The first-order valence-electron chi connectivity index (χ1n) is 17.2. The largest absolute Gasteiger partial charge is 0.465 e. The van der Waals surface area contributed by atoms with Crippen LogP contribution in [0.4, 0.5) is 0 Å². The van der Waals surface area contributed by atoms with Crippen molar-refractivity contribution >= 4 is 22.6 Å². The third-order valence-electron chi connectivity index (χ3n) is 13.8. The summed E-state index contributed by atoms with van der Waals surface area (Å²) in [5.41, 5.74) is 2.05. The van der Waals surface area contributed by atoms with Crippen LogP contribution in [0.1, 0.15) is 114 Å². The molecule has 3 saturated carbocycles. The standard InChI is InChI=1S/C36H66O4Si2/c1-24(23-38-25(2)37)28-15-16-29-27-22-32(40-42(13,14)34(6,7)8)31-21-26(39-41(11,12)33(3,4)5)17-19-36(31,10)30(27)18-20-35(28,29)9/h15,24,26-27,29-32H,16-23H2,1-14H3/t24-,26+,27+,29+,30+,31-,32+,35-,36-/m1/s1. The van der Waals surface area contributed by atoms with Crippen LogP contribution in [0.2, 0.25) is 36.3 Å². The van der Waals surface area contributed by atoms with E-state index in [0.29, 0.717) is 42.0 Å². The third-order valence-corrected chi connectivity index (χ3v) is 22.9. The molecule has 4 nitrogen and oxygen atoms in total. The van der Waals surface area contributed by atoms with Crippen molar-refractivity contribution in [2.45, 2.75) is 163 Å². The monoisotopic (exact) mass is 618 g/mol. The summed E-state index contributed by atoms with van der Waals surface area (Å²) in [6.45, 7) is 33.6. The molecule has 4 aliphatic rings. The highest BCUT2D eigenvalue weighted by molar-refractivity contribution is 6.74. The van der Waals surface area contributed by atoms with Crippen LogP contribution in [-0.2, 0) is 18.4 Å². The smallest absolute Gasteiger partial charge is 0.302 e. The van der Waals surface area contributed by atoms with Crippen molar-refractivity contribution in [2.24, 2.45) is 40.4 Å². The van der Waals surface area contributed by atoms with E-state index < -0.39 is 16.6 Å². The number of carbonyl (C=O) groups is 1. The van der Waals surface area contributed by atoms with Gasteiger partial charge in [0.15, 0.2) is 16.6 Å². The highest BCUT2D eigenvalue weighted by atomic mass is 28.4. The molecule has 0 bridgehead atoms. The Bertz CT molecular complexity index is 1040. The molecule has 0 aromatic carbocycles. The molecule has 0 radical (unpaired) electrons. The van der Waals surface area contributed by atoms with Gasteiger partial charge in [0.2, 0.25) is 0 Å². The van der Waals surface area contributed by atoms with Gasteiger partial charge in [-0.25, -0.2) is 0 Å². The molecular weight excluding hydrogens is 553 g/mol. The number of esters is 1. The van der Waals surface area contributed by atoms with Gasteiger partial charge in [-0.3, -0.25) is 4.79 Å². The summed E-state index contributed by atoms with van der Waals surface area (Å²) in [5, 5.41) is 0.428. The van der Waals surface area contributed by atoms with Crippen LogP contribution in [0.15, 0.2) is 11.6 Å². The fourth-order valence-corrected chi connectivity index (χ4v) is 12.1. The Hall–Kier alpha value is -0.436. The van der Waals surface area contributed by atoms with Crippen LogP contribution in [-0.4, -0.2) is 41.4 Å². The predicted octanol–water partition coefficient (Wildman–Crippen LogP) is 10.2. The SMILES string of the molecule is CC(=O)OC[C@@H](C)C1=CC[C@H]2[C@@H]3C[C@H](O[Si](C)(C)C(C)(C)C)[C@H]4C[C@@H](O[Si](C)(C)C(C)(C)C)CC[C@]4(C)[C@H]3CC[C@]12C. The van der Waals surface area contributed by atoms with Crippen LogP contribution in [0, 0.1) is 40.4 Å². The fourth-order valence-electron chi connectivity index (χ4n) is 9.31. The molecule has 4 aliphatic carbocycles. The van der Waals surface area contributed by atoms with Crippen LogP contribution in [0.25, 0.3) is 0 Å². The molecule has 6 heteroatoms. The van der Waals surface area contributed by atoms with Gasteiger partial charge in [0.1, 0.15) is 0 Å². The molecule has 0 amide bonds. The van der Waals surface area contributed by atoms with E-state index in [4.69, 9.17) is 13.6 Å². The topological polar surface area (TPSA) is 44.8 Å². The molecule has 242 valence electrons. The van der Waals surface area contributed by atoms with Gasteiger partial charge >= 0.3 is 5.97 Å². The van der Waals surface area contributed by atoms with Crippen molar-refractivity contribution in [2.75, 3.05) is 6.61 Å². The maximum Gasteiger partial charge on any atom is 0.302 e. The van der Waals surface area contributed by atoms with Gasteiger partial charge in [-0.1, -0.05) is 74.0 Å². The summed E-state index contributed by atoms with van der Waals surface area (Å²) in [6.07, 6.45) is 11.8. The molecule has 0 N–H and O–H groups in total. The lowest BCUT2D eigenvalue weighted by atomic mass is 9.44. The summed E-state index contributed by atoms with van der Waals surface area (Å²) in [6, 6.07) is 0. The van der Waals surface area contributed by atoms with E-state index in [1.165, 1.54) is 45.4 Å². The average molecular weight is 619 g/mol. The Balaban J connectivity index is 1.64. The molecule has 0 aliphatic heterocycles. The lowest BCUT2D eigenvalue weighted by Crippen LogP contribution is -2.61. The fraction of sp³-hybridized carbons (Fsp3) is 0.917. The minimum absolute atomic E-state index is 0.170. The van der Waals surface area contributed by atoms with E-state index in [1.54, 1.807) is 5.57 Å². The lowest BCUT2D eigenvalue weighted by molar-refractivity contribution is -0.161. The van der Waals surface area contributed by atoms with Crippen LogP contribution >= 0.6 is 0 Å². The molecule has 9 atom stereocenters. The summed E-state index contributed by atoms with van der Waals surface area (Å²) in [7, 11) is -3.79. The highest BCUT2D eigenvalue weighted by Gasteiger charge is 2.62. The first kappa shape index (κ1) is 34.4. The number of rotatable bonds is 7. The van der Waals surface area contributed by atoms with Crippen molar-refractivity contribution in [1.82, 2.24) is 0 Å². The first-order valence-corrected chi connectivity index (χ1v) is 23.0. The molecule has 0 spiro atoms. The zero-order valence-corrected chi connectivity index (χ0v) is 31.9. The Morgan fingerprint density at radius 1 is 0.905 bits per heavy atom. The van der Waals surface area contributed by atoms with E-state index in [9.17, 15) is 4.79 Å². The zero-order valence-electron chi connectivity index (χ0n) is 29.9. The molecule has 0 saturated heterocycles. The average Bonchev–Trinajstić information content (AvgIpc) is 3.19. The van der Waals surface area contributed by atoms with Crippen molar-refractivity contribution in [3.63, 3.8) is 0 Å². The number of fused-ring (bicyclic) bond motifs is 5. The summed E-state index contributed by atoms with van der Waals surface area (Å²) in [4.78, 5) is 11.6. The molecule has 0 aromatic rings. The minimum atomic E-state index is -1.96. The van der Waals surface area contributed by atoms with Gasteiger partial charge in [0, 0.05) is 25.0 Å². The van der Waals surface area contributed by atoms with Crippen molar-refractivity contribution < 1.29 is 18.4 Å². The van der Waals surface area contributed by atoms with E-state index in [1.807, 2.05) is 0 Å². The van der Waals surface area contributed by atoms with Crippen LogP contribution in [0.3, 0.4) is 0 Å². The maximum atomic E-state index is 11.6. The number of hydrogen-bond donors (Lipinski definition) is 0. The quantitative estimate of drug-likeness (QED) is 0.162. The summed E-state index contributed by atoms with van der Waals surface area (Å²) in [5.74, 6) is 2.79. The molecule has 3 fully saturated rings. The van der Waals surface area contributed by atoms with Gasteiger partial charge in [-0.15, -0.1) is 0 Å². The molecule has 0 heterocycles. The minimum Gasteiger partial charge on any atom is -0.465 e. The second-order valence-electron chi connectivity index (χ2n) is 18.5. The van der Waals surface area contributed by atoms with Gasteiger partial charge in [-0.2, -0.15) is 0 Å². The Morgan fingerprint density at radius 2 is 1.50 bits per heavy atom. The number of allylic oxidation sites excluding steroid dienone is 1. The van der Waals surface area contributed by atoms with Crippen LogP contribution < -0.4 is 0 Å². The zero-order chi connectivity index (χ0) is 31.7. The predicted molar refractivity (Wildman–Crippen MR) is 181 cm³/mol. The molecule has 0 aromatic heterocycles. The molecule has 42 heavy (non-hydrogen) atoms. The van der Waals surface area contributed by atoms with Gasteiger partial charge in [0.25, 0.3) is 0 Å². The van der Waals surface area contributed by atoms with Gasteiger partial charge < -0.3 is 13.6 Å². The van der Waals surface area contributed by atoms with Crippen molar-refractivity contribution in [3.8, 4) is 0 Å². The second kappa shape index (κ2) is 11.4. The van der Waals surface area contributed by atoms with Gasteiger partial charge in [-0.05, 0) is 116 Å². The van der Waals surface area contributed by atoms with Crippen molar-refractivity contribution in [1.29, 1.82) is 0 Å². The molecule has 4 rings (SSSR count). The van der Waals surface area contributed by atoms with E-state index in [0.717, 1.165) is 12.3 Å². The second-order valence-corrected chi connectivity index (χ2v) is 28.0. The van der Waals surface area contributed by atoms with Crippen molar-refractivity contribution in [3.05, 3.63) is 11.6 Å². The Kier molecular flexibility index (Phi) is 9.36. The third kappa shape index (κ3) is 6.18. The van der Waals surface area contributed by atoms with E-state index in [2.05, 4.69) is 94.6 Å². The normalized spacial score (nSPS) is 38.2. The number of hydrogen-bond acceptors (Lipinski definition) is 4. The molecule has 0 unspecified atom stereocenters. The van der Waals surface area contributed by atoms with E-state index in [-0.39, 0.29) is 27.4 Å². The number of carbonyl (C=O) groups excluding carboxylic acids is 1. The Morgan fingerprint density at radius 3 is 2.07 bits per heavy atom.